The first-order chi connectivity index (χ1) is 8.75. The molecule has 2 aliphatic rings. The lowest BCUT2D eigenvalue weighted by Crippen LogP contribution is -2.31. The third-order valence-corrected chi connectivity index (χ3v) is 3.74. The number of hydrogen-bond acceptors (Lipinski definition) is 3. The second kappa shape index (κ2) is 4.58. The smallest absolute Gasteiger partial charge is 0.157 e. The highest BCUT2D eigenvalue weighted by molar-refractivity contribution is 5.93. The number of carbonyl (C=O) groups is 1. The maximum absolute atomic E-state index is 11.5. The van der Waals surface area contributed by atoms with Crippen molar-refractivity contribution in [1.82, 2.24) is 4.90 Å². The molecule has 2 heterocycles. The van der Waals surface area contributed by atoms with E-state index in [0.29, 0.717) is 6.61 Å². The number of rotatable bonds is 2. The molecule has 3 heteroatoms. The summed E-state index contributed by atoms with van der Waals surface area (Å²) in [5.41, 5.74) is 2.17. The van der Waals surface area contributed by atoms with Gasteiger partial charge in [0.05, 0.1) is 12.6 Å². The van der Waals surface area contributed by atoms with Crippen molar-refractivity contribution in [2.45, 2.75) is 32.0 Å². The van der Waals surface area contributed by atoms with E-state index in [-0.39, 0.29) is 18.1 Å². The molecule has 0 saturated carbocycles. The van der Waals surface area contributed by atoms with Crippen LogP contribution in [0.15, 0.2) is 42.1 Å². The average Bonchev–Trinajstić information content (AvgIpc) is 2.82. The van der Waals surface area contributed by atoms with Gasteiger partial charge in [-0.25, -0.2) is 0 Å². The molecule has 0 aromatic heterocycles. The zero-order valence-electron chi connectivity index (χ0n) is 10.5. The fourth-order valence-electron chi connectivity index (χ4n) is 2.71. The summed E-state index contributed by atoms with van der Waals surface area (Å²) in [5, 5.41) is 0. The lowest BCUT2D eigenvalue weighted by molar-refractivity contribution is -0.114. The molecule has 0 aliphatic carbocycles. The SMILES string of the molecule is CC(=O)C1=CN2[C@H](CC1)OC[C@H]2c1ccccc1. The number of ether oxygens (including phenoxy) is 1. The molecule has 0 spiro atoms. The van der Waals surface area contributed by atoms with Gasteiger partial charge in [0.25, 0.3) is 0 Å². The Kier molecular flexibility index (Phi) is 2.92. The zero-order valence-corrected chi connectivity index (χ0v) is 10.5. The van der Waals surface area contributed by atoms with Gasteiger partial charge in [0.2, 0.25) is 0 Å². The first-order valence-electron chi connectivity index (χ1n) is 6.41. The normalized spacial score (nSPS) is 26.7. The lowest BCUT2D eigenvalue weighted by atomic mass is 10.0. The van der Waals surface area contributed by atoms with Crippen LogP contribution in [0.4, 0.5) is 0 Å². The predicted octanol–water partition coefficient (Wildman–Crippen LogP) is 2.65. The highest BCUT2D eigenvalue weighted by Crippen LogP contribution is 2.36. The molecule has 1 aromatic rings. The van der Waals surface area contributed by atoms with E-state index in [0.717, 1.165) is 18.4 Å². The van der Waals surface area contributed by atoms with Gasteiger partial charge < -0.3 is 9.64 Å². The Hall–Kier alpha value is -1.61. The monoisotopic (exact) mass is 243 g/mol. The molecule has 3 nitrogen and oxygen atoms in total. The first kappa shape index (κ1) is 11.5. The Morgan fingerprint density at radius 3 is 2.83 bits per heavy atom. The summed E-state index contributed by atoms with van der Waals surface area (Å²) in [5.74, 6) is 0.173. The lowest BCUT2D eigenvalue weighted by Gasteiger charge is -2.31. The van der Waals surface area contributed by atoms with Crippen LogP contribution >= 0.6 is 0 Å². The molecule has 0 unspecified atom stereocenters. The van der Waals surface area contributed by atoms with Crippen LogP contribution in [0.25, 0.3) is 0 Å². The van der Waals surface area contributed by atoms with Crippen LogP contribution in [0, 0.1) is 0 Å². The molecule has 94 valence electrons. The fraction of sp³-hybridized carbons (Fsp3) is 0.400. The van der Waals surface area contributed by atoms with Crippen LogP contribution in [0.1, 0.15) is 31.4 Å². The minimum atomic E-state index is 0.137. The van der Waals surface area contributed by atoms with Crippen molar-refractivity contribution in [3.8, 4) is 0 Å². The van der Waals surface area contributed by atoms with Gasteiger partial charge in [-0.3, -0.25) is 4.79 Å². The van der Waals surface area contributed by atoms with E-state index in [1.807, 2.05) is 24.4 Å². The zero-order chi connectivity index (χ0) is 12.5. The predicted molar refractivity (Wildman–Crippen MR) is 68.8 cm³/mol. The number of nitrogens with zero attached hydrogens (tertiary/aromatic N) is 1. The average molecular weight is 243 g/mol. The number of allylic oxidation sites excluding steroid dienone is 1. The van der Waals surface area contributed by atoms with E-state index in [9.17, 15) is 4.79 Å². The topological polar surface area (TPSA) is 29.5 Å². The van der Waals surface area contributed by atoms with E-state index in [1.165, 1.54) is 5.56 Å². The van der Waals surface area contributed by atoms with Crippen molar-refractivity contribution < 1.29 is 9.53 Å². The van der Waals surface area contributed by atoms with Gasteiger partial charge in [-0.05, 0) is 25.3 Å². The Morgan fingerprint density at radius 2 is 2.11 bits per heavy atom. The summed E-state index contributed by atoms with van der Waals surface area (Å²) in [6.45, 7) is 2.34. The minimum Gasteiger partial charge on any atom is -0.356 e. The quantitative estimate of drug-likeness (QED) is 0.799. The highest BCUT2D eigenvalue weighted by atomic mass is 16.5. The number of fused-ring (bicyclic) bond motifs is 1. The summed E-state index contributed by atoms with van der Waals surface area (Å²) in [4.78, 5) is 13.7. The van der Waals surface area contributed by atoms with Gasteiger partial charge in [-0.15, -0.1) is 0 Å². The standard InChI is InChI=1S/C15H17NO2/c1-11(17)13-7-8-15-16(9-13)14(10-18-15)12-5-3-2-4-6-12/h2-6,9,14-15H,7-8,10H2,1H3/t14-,15-/m0/s1. The molecule has 0 amide bonds. The van der Waals surface area contributed by atoms with Gasteiger partial charge >= 0.3 is 0 Å². The number of benzene rings is 1. The van der Waals surface area contributed by atoms with Crippen LogP contribution in [-0.2, 0) is 9.53 Å². The van der Waals surface area contributed by atoms with E-state index >= 15 is 0 Å². The second-order valence-electron chi connectivity index (χ2n) is 4.91. The number of Topliss-reactive ketones (excluding diaryl/α,β-unsaturated/α-hetero) is 1. The maximum Gasteiger partial charge on any atom is 0.157 e. The minimum absolute atomic E-state index is 0.137. The van der Waals surface area contributed by atoms with Crippen molar-refractivity contribution in [2.75, 3.05) is 6.61 Å². The molecular formula is C15H17NO2. The van der Waals surface area contributed by atoms with Crippen LogP contribution in [-0.4, -0.2) is 23.5 Å². The molecule has 3 rings (SSSR count). The van der Waals surface area contributed by atoms with E-state index in [2.05, 4.69) is 17.0 Å². The highest BCUT2D eigenvalue weighted by Gasteiger charge is 2.36. The summed E-state index contributed by atoms with van der Waals surface area (Å²) < 4.78 is 5.82. The molecule has 1 fully saturated rings. The van der Waals surface area contributed by atoms with Crippen LogP contribution in [0.3, 0.4) is 0 Å². The van der Waals surface area contributed by atoms with Gasteiger partial charge in [-0.2, -0.15) is 0 Å². The van der Waals surface area contributed by atoms with E-state index in [4.69, 9.17) is 4.74 Å². The number of ketones is 1. The second-order valence-corrected chi connectivity index (χ2v) is 4.91. The molecule has 0 radical (unpaired) electrons. The largest absolute Gasteiger partial charge is 0.356 e. The van der Waals surface area contributed by atoms with Gasteiger partial charge in [0, 0.05) is 11.8 Å². The Bertz CT molecular complexity index is 481. The third kappa shape index (κ3) is 1.95. The van der Waals surface area contributed by atoms with Crippen molar-refractivity contribution in [3.63, 3.8) is 0 Å². The molecule has 1 saturated heterocycles. The number of carbonyl (C=O) groups excluding carboxylic acids is 1. The van der Waals surface area contributed by atoms with Gasteiger partial charge in [-0.1, -0.05) is 30.3 Å². The van der Waals surface area contributed by atoms with Crippen molar-refractivity contribution in [1.29, 1.82) is 0 Å². The van der Waals surface area contributed by atoms with Crippen LogP contribution in [0.5, 0.6) is 0 Å². The van der Waals surface area contributed by atoms with Crippen molar-refractivity contribution in [3.05, 3.63) is 47.7 Å². The maximum atomic E-state index is 11.5. The van der Waals surface area contributed by atoms with Crippen LogP contribution < -0.4 is 0 Å². The van der Waals surface area contributed by atoms with Gasteiger partial charge in [0.1, 0.15) is 6.23 Å². The first-order valence-corrected chi connectivity index (χ1v) is 6.41. The van der Waals surface area contributed by atoms with Gasteiger partial charge in [0.15, 0.2) is 5.78 Å². The summed E-state index contributed by atoms with van der Waals surface area (Å²) in [6, 6.07) is 10.6. The summed E-state index contributed by atoms with van der Waals surface area (Å²) in [6.07, 6.45) is 3.88. The summed E-state index contributed by atoms with van der Waals surface area (Å²) >= 11 is 0. The fourth-order valence-corrected chi connectivity index (χ4v) is 2.71. The number of hydrogen-bond donors (Lipinski definition) is 0. The molecule has 2 aliphatic heterocycles. The Morgan fingerprint density at radius 1 is 1.33 bits per heavy atom. The third-order valence-electron chi connectivity index (χ3n) is 3.74. The molecular weight excluding hydrogens is 226 g/mol. The van der Waals surface area contributed by atoms with Crippen molar-refractivity contribution >= 4 is 5.78 Å². The summed E-state index contributed by atoms with van der Waals surface area (Å²) in [7, 11) is 0. The van der Waals surface area contributed by atoms with Crippen molar-refractivity contribution in [2.24, 2.45) is 0 Å². The van der Waals surface area contributed by atoms with Crippen LogP contribution in [0.2, 0.25) is 0 Å². The van der Waals surface area contributed by atoms with E-state index < -0.39 is 0 Å². The molecule has 0 N–H and O–H groups in total. The van der Waals surface area contributed by atoms with E-state index in [1.54, 1.807) is 6.92 Å². The molecule has 1 aromatic carbocycles. The Labute approximate surface area is 107 Å². The molecule has 0 bridgehead atoms. The molecule has 18 heavy (non-hydrogen) atoms. The Balaban J connectivity index is 1.90. The molecule has 2 atom stereocenters.